The van der Waals surface area contributed by atoms with Crippen molar-refractivity contribution in [2.45, 2.75) is 20.8 Å². The van der Waals surface area contributed by atoms with Crippen molar-refractivity contribution in [3.63, 3.8) is 0 Å². The van der Waals surface area contributed by atoms with E-state index in [2.05, 4.69) is 0 Å². The number of benzene rings is 1. The number of rotatable bonds is 4. The minimum absolute atomic E-state index is 0.446. The number of aryl methyl sites for hydroxylation is 1. The summed E-state index contributed by atoms with van der Waals surface area (Å²) in [7, 11) is 1.55. The second kappa shape index (κ2) is 5.90. The Morgan fingerprint density at radius 2 is 1.67 bits per heavy atom. The summed E-state index contributed by atoms with van der Waals surface area (Å²) in [6.45, 7) is 4.21. The van der Waals surface area contributed by atoms with Gasteiger partial charge in [-0.15, -0.1) is 0 Å². The average molecular weight is 253 g/mol. The van der Waals surface area contributed by atoms with E-state index in [0.29, 0.717) is 11.4 Å². The molecule has 98 valence electrons. The number of carbonyl (C=O) groups is 2. The molecule has 1 rings (SSSR count). The van der Waals surface area contributed by atoms with Crippen LogP contribution in [0.5, 0.6) is 5.75 Å². The first kappa shape index (κ1) is 13.8. The summed E-state index contributed by atoms with van der Waals surface area (Å²) in [4.78, 5) is 31.6. The fraction of sp³-hybridized carbons (Fsp3) is 0.333. The maximum absolute atomic E-state index is 11.0. The molecular weight excluding hydrogens is 238 g/mol. The van der Waals surface area contributed by atoms with Crippen LogP contribution in [-0.4, -0.2) is 19.0 Å². The molecule has 0 spiro atoms. The Morgan fingerprint density at radius 3 is 2.06 bits per heavy atom. The third kappa shape index (κ3) is 3.65. The Hall–Kier alpha value is -2.24. The van der Waals surface area contributed by atoms with Crippen LogP contribution in [-0.2, 0) is 19.3 Å². The average Bonchev–Trinajstić information content (AvgIpc) is 2.26. The molecule has 0 aromatic heterocycles. The van der Waals surface area contributed by atoms with Gasteiger partial charge >= 0.3 is 11.9 Å². The maximum Gasteiger partial charge on any atom is 0.333 e. The molecule has 0 atom stereocenters. The van der Waals surface area contributed by atoms with E-state index in [9.17, 15) is 9.59 Å². The number of hydrogen-bond donors (Lipinski definition) is 0. The quantitative estimate of drug-likeness (QED) is 0.762. The summed E-state index contributed by atoms with van der Waals surface area (Å²) >= 11 is 0. The number of carbonyl (C=O) groups excluding carboxylic acids is 2. The standard InChI is InChI=1S/C12H15NO5/c1-8-7-11(16-4)5-6-12(8)13(17-9(2)14)18-10(3)15/h5-7H,1-4H3. The van der Waals surface area contributed by atoms with Gasteiger partial charge in [-0.3, -0.25) is 0 Å². The second-order valence-corrected chi connectivity index (χ2v) is 3.58. The first-order chi connectivity index (χ1) is 8.43. The van der Waals surface area contributed by atoms with Crippen molar-refractivity contribution < 1.29 is 24.0 Å². The number of nitrogens with zero attached hydrogens (tertiary/aromatic N) is 1. The Morgan fingerprint density at radius 1 is 1.11 bits per heavy atom. The van der Waals surface area contributed by atoms with Crippen LogP contribution in [0.1, 0.15) is 19.4 Å². The molecule has 0 aliphatic rings. The normalized spacial score (nSPS) is 9.56. The minimum Gasteiger partial charge on any atom is -0.497 e. The summed E-state index contributed by atoms with van der Waals surface area (Å²) in [5.41, 5.74) is 1.18. The molecule has 0 heterocycles. The van der Waals surface area contributed by atoms with E-state index in [1.807, 2.05) is 0 Å². The molecule has 0 saturated carbocycles. The third-order valence-electron chi connectivity index (χ3n) is 2.02. The highest BCUT2D eigenvalue weighted by atomic mass is 17.0. The lowest BCUT2D eigenvalue weighted by Gasteiger charge is -2.21. The van der Waals surface area contributed by atoms with Crippen molar-refractivity contribution >= 4 is 17.6 Å². The molecular formula is C12H15NO5. The van der Waals surface area contributed by atoms with Crippen LogP contribution in [0.4, 0.5) is 5.69 Å². The molecule has 6 nitrogen and oxygen atoms in total. The van der Waals surface area contributed by atoms with Gasteiger partial charge in [0.1, 0.15) is 11.4 Å². The lowest BCUT2D eigenvalue weighted by molar-refractivity contribution is -0.171. The van der Waals surface area contributed by atoms with Gasteiger partial charge in [0.25, 0.3) is 0 Å². The van der Waals surface area contributed by atoms with E-state index in [0.717, 1.165) is 10.8 Å². The zero-order valence-electron chi connectivity index (χ0n) is 10.7. The highest BCUT2D eigenvalue weighted by Crippen LogP contribution is 2.25. The summed E-state index contributed by atoms with van der Waals surface area (Å²) in [6, 6.07) is 5.03. The summed E-state index contributed by atoms with van der Waals surface area (Å²) in [5, 5.41) is 0.791. The van der Waals surface area contributed by atoms with Gasteiger partial charge in [-0.05, 0) is 35.9 Å². The summed E-state index contributed by atoms with van der Waals surface area (Å²) in [6.07, 6.45) is 0. The molecule has 0 saturated heterocycles. The molecule has 1 aromatic carbocycles. The molecule has 0 aliphatic heterocycles. The van der Waals surface area contributed by atoms with Gasteiger partial charge in [-0.25, -0.2) is 9.59 Å². The number of hydrogen-bond acceptors (Lipinski definition) is 6. The van der Waals surface area contributed by atoms with E-state index in [4.69, 9.17) is 14.4 Å². The van der Waals surface area contributed by atoms with Gasteiger partial charge in [0, 0.05) is 13.8 Å². The molecule has 1 aromatic rings. The summed E-state index contributed by atoms with van der Waals surface area (Å²) < 4.78 is 5.06. The van der Waals surface area contributed by atoms with E-state index in [-0.39, 0.29) is 0 Å². The predicted octanol–water partition coefficient (Wildman–Crippen LogP) is 1.77. The molecule has 0 radical (unpaired) electrons. The molecule has 18 heavy (non-hydrogen) atoms. The van der Waals surface area contributed by atoms with Crippen LogP contribution in [0.3, 0.4) is 0 Å². The van der Waals surface area contributed by atoms with Crippen LogP contribution in [0, 0.1) is 6.92 Å². The molecule has 0 N–H and O–H groups in total. The predicted molar refractivity (Wildman–Crippen MR) is 63.7 cm³/mol. The number of methoxy groups -OCH3 is 1. The lowest BCUT2D eigenvalue weighted by Crippen LogP contribution is -2.29. The third-order valence-corrected chi connectivity index (χ3v) is 2.02. The van der Waals surface area contributed by atoms with Gasteiger partial charge in [-0.2, -0.15) is 0 Å². The van der Waals surface area contributed by atoms with Crippen molar-refractivity contribution in [2.75, 3.05) is 12.3 Å². The Bertz CT molecular complexity index is 442. The fourth-order valence-corrected chi connectivity index (χ4v) is 1.31. The first-order valence-corrected chi connectivity index (χ1v) is 5.26. The second-order valence-electron chi connectivity index (χ2n) is 3.58. The van der Waals surface area contributed by atoms with Gasteiger partial charge in [0.05, 0.1) is 7.11 Å². The Labute approximate surface area is 105 Å². The van der Waals surface area contributed by atoms with E-state index in [1.54, 1.807) is 32.2 Å². The molecule has 0 aliphatic carbocycles. The highest BCUT2D eigenvalue weighted by molar-refractivity contribution is 5.71. The SMILES string of the molecule is COc1ccc(N(OC(C)=O)OC(C)=O)c(C)c1. The van der Waals surface area contributed by atoms with Gasteiger partial charge in [-0.1, -0.05) is 0 Å². The molecule has 6 heteroatoms. The highest BCUT2D eigenvalue weighted by Gasteiger charge is 2.16. The molecule has 0 unspecified atom stereocenters. The van der Waals surface area contributed by atoms with Crippen molar-refractivity contribution in [1.29, 1.82) is 0 Å². The van der Waals surface area contributed by atoms with Crippen LogP contribution < -0.4 is 9.96 Å². The van der Waals surface area contributed by atoms with Gasteiger partial charge < -0.3 is 14.4 Å². The van der Waals surface area contributed by atoms with Crippen molar-refractivity contribution in [1.82, 2.24) is 0 Å². The summed E-state index contributed by atoms with van der Waals surface area (Å²) in [5.74, 6) is -0.528. The number of anilines is 1. The van der Waals surface area contributed by atoms with E-state index >= 15 is 0 Å². The monoisotopic (exact) mass is 253 g/mol. The topological polar surface area (TPSA) is 65.1 Å². The Kier molecular flexibility index (Phi) is 4.53. The number of ether oxygens (including phenoxy) is 1. The van der Waals surface area contributed by atoms with E-state index in [1.165, 1.54) is 13.8 Å². The largest absolute Gasteiger partial charge is 0.497 e. The first-order valence-electron chi connectivity index (χ1n) is 5.26. The fourth-order valence-electron chi connectivity index (χ4n) is 1.31. The lowest BCUT2D eigenvalue weighted by atomic mass is 10.2. The molecule has 0 bridgehead atoms. The zero-order chi connectivity index (χ0) is 13.7. The van der Waals surface area contributed by atoms with Gasteiger partial charge in [0.15, 0.2) is 0 Å². The van der Waals surface area contributed by atoms with Crippen LogP contribution in [0.2, 0.25) is 0 Å². The van der Waals surface area contributed by atoms with Gasteiger partial charge in [0.2, 0.25) is 0 Å². The van der Waals surface area contributed by atoms with E-state index < -0.39 is 11.9 Å². The van der Waals surface area contributed by atoms with Crippen molar-refractivity contribution in [2.24, 2.45) is 0 Å². The smallest absolute Gasteiger partial charge is 0.333 e. The van der Waals surface area contributed by atoms with Crippen LogP contribution >= 0.6 is 0 Å². The molecule has 0 amide bonds. The van der Waals surface area contributed by atoms with Crippen molar-refractivity contribution in [3.8, 4) is 5.75 Å². The minimum atomic E-state index is -0.591. The zero-order valence-corrected chi connectivity index (χ0v) is 10.7. The Balaban J connectivity index is 3.03. The maximum atomic E-state index is 11.0. The van der Waals surface area contributed by atoms with Crippen LogP contribution in [0.15, 0.2) is 18.2 Å². The van der Waals surface area contributed by atoms with Crippen LogP contribution in [0.25, 0.3) is 0 Å². The molecule has 0 fully saturated rings. The van der Waals surface area contributed by atoms with Crippen molar-refractivity contribution in [3.05, 3.63) is 23.8 Å².